The fourth-order valence-electron chi connectivity index (χ4n) is 2.89. The molecular weight excluding hydrogens is 156 g/mol. The number of carboxylic acid groups (broad SMARTS) is 1. The van der Waals surface area contributed by atoms with Crippen LogP contribution >= 0.6 is 0 Å². The van der Waals surface area contributed by atoms with E-state index in [1.54, 1.807) is 0 Å². The van der Waals surface area contributed by atoms with E-state index in [1.807, 2.05) is 0 Å². The fraction of sp³-hybridized carbons (Fsp3) is 0.889. The Morgan fingerprint density at radius 2 is 2.08 bits per heavy atom. The molecule has 0 spiro atoms. The van der Waals surface area contributed by atoms with Crippen LogP contribution in [0.15, 0.2) is 0 Å². The van der Waals surface area contributed by atoms with Crippen molar-refractivity contribution in [3.8, 4) is 0 Å². The highest BCUT2D eigenvalue weighted by atomic mass is 16.4. The summed E-state index contributed by atoms with van der Waals surface area (Å²) in [6.07, 6.45) is 4.25. The third kappa shape index (κ3) is 0.891. The summed E-state index contributed by atoms with van der Waals surface area (Å²) in [6.45, 7) is 0. The molecule has 0 aromatic heterocycles. The molecule has 0 bridgehead atoms. The average Bonchev–Trinajstić information content (AvgIpc) is 2.42. The molecule has 0 aromatic carbocycles. The first kappa shape index (κ1) is 8.05. The molecule has 2 saturated carbocycles. The van der Waals surface area contributed by atoms with E-state index in [2.05, 4.69) is 0 Å². The van der Waals surface area contributed by atoms with Crippen molar-refractivity contribution >= 4 is 5.97 Å². The SMILES string of the molecule is O=C(O)C1CCC2CCCC21O. The Labute approximate surface area is 71.4 Å². The van der Waals surface area contributed by atoms with E-state index < -0.39 is 17.5 Å². The predicted octanol–water partition coefficient (Wildman–Crippen LogP) is 1.01. The molecule has 68 valence electrons. The van der Waals surface area contributed by atoms with Gasteiger partial charge >= 0.3 is 5.97 Å². The molecule has 2 rings (SSSR count). The lowest BCUT2D eigenvalue weighted by Gasteiger charge is -2.26. The van der Waals surface area contributed by atoms with Gasteiger partial charge < -0.3 is 10.2 Å². The zero-order valence-electron chi connectivity index (χ0n) is 6.99. The maximum Gasteiger partial charge on any atom is 0.309 e. The quantitative estimate of drug-likeness (QED) is 0.617. The van der Waals surface area contributed by atoms with Crippen LogP contribution in [0.3, 0.4) is 0 Å². The number of aliphatic hydroxyl groups is 1. The van der Waals surface area contributed by atoms with Gasteiger partial charge in [0.1, 0.15) is 0 Å². The third-order valence-corrected chi connectivity index (χ3v) is 3.54. The summed E-state index contributed by atoms with van der Waals surface area (Å²) in [6, 6.07) is 0. The van der Waals surface area contributed by atoms with Crippen LogP contribution in [0.25, 0.3) is 0 Å². The number of hydrogen-bond donors (Lipinski definition) is 2. The number of aliphatic carboxylic acids is 1. The van der Waals surface area contributed by atoms with Crippen LogP contribution in [0.2, 0.25) is 0 Å². The number of fused-ring (bicyclic) bond motifs is 1. The molecule has 0 aliphatic heterocycles. The van der Waals surface area contributed by atoms with Crippen LogP contribution in [-0.2, 0) is 4.79 Å². The molecule has 2 aliphatic carbocycles. The fourth-order valence-corrected chi connectivity index (χ4v) is 2.89. The Morgan fingerprint density at radius 3 is 2.75 bits per heavy atom. The van der Waals surface area contributed by atoms with Gasteiger partial charge in [0.2, 0.25) is 0 Å². The molecule has 0 saturated heterocycles. The van der Waals surface area contributed by atoms with E-state index in [-0.39, 0.29) is 5.92 Å². The summed E-state index contributed by atoms with van der Waals surface area (Å²) in [5, 5.41) is 18.9. The lowest BCUT2D eigenvalue weighted by molar-refractivity contribution is -0.150. The summed E-state index contributed by atoms with van der Waals surface area (Å²) >= 11 is 0. The smallest absolute Gasteiger partial charge is 0.309 e. The van der Waals surface area contributed by atoms with Crippen molar-refractivity contribution in [2.45, 2.75) is 37.7 Å². The minimum Gasteiger partial charge on any atom is -0.481 e. The van der Waals surface area contributed by atoms with Gasteiger partial charge in [0.25, 0.3) is 0 Å². The Morgan fingerprint density at radius 1 is 1.33 bits per heavy atom. The zero-order chi connectivity index (χ0) is 8.77. The molecule has 0 aromatic rings. The van der Waals surface area contributed by atoms with E-state index >= 15 is 0 Å². The van der Waals surface area contributed by atoms with Gasteiger partial charge in [-0.1, -0.05) is 6.42 Å². The van der Waals surface area contributed by atoms with Gasteiger partial charge in [-0.05, 0) is 31.6 Å². The van der Waals surface area contributed by atoms with Crippen LogP contribution in [0.5, 0.6) is 0 Å². The van der Waals surface area contributed by atoms with Crippen molar-refractivity contribution < 1.29 is 15.0 Å². The summed E-state index contributed by atoms with van der Waals surface area (Å²) < 4.78 is 0. The minimum absolute atomic E-state index is 0.263. The Balaban J connectivity index is 2.23. The highest BCUT2D eigenvalue weighted by Crippen LogP contribution is 2.50. The Bertz CT molecular complexity index is 214. The van der Waals surface area contributed by atoms with Gasteiger partial charge in [-0.15, -0.1) is 0 Å². The zero-order valence-corrected chi connectivity index (χ0v) is 6.99. The standard InChI is InChI=1S/C9H14O3/c10-8(11)7-4-3-6-2-1-5-9(6,7)12/h6-7,12H,1-5H2,(H,10,11). The van der Waals surface area contributed by atoms with Gasteiger partial charge in [0.05, 0.1) is 11.5 Å². The maximum atomic E-state index is 10.8. The van der Waals surface area contributed by atoms with Gasteiger partial charge in [0, 0.05) is 0 Å². The molecule has 0 heterocycles. The van der Waals surface area contributed by atoms with E-state index in [1.165, 1.54) is 0 Å². The van der Waals surface area contributed by atoms with Crippen molar-refractivity contribution in [3.05, 3.63) is 0 Å². The molecule has 3 atom stereocenters. The first-order valence-corrected chi connectivity index (χ1v) is 4.60. The van der Waals surface area contributed by atoms with E-state index in [0.29, 0.717) is 12.8 Å². The van der Waals surface area contributed by atoms with Crippen molar-refractivity contribution in [1.82, 2.24) is 0 Å². The minimum atomic E-state index is -0.855. The molecule has 3 unspecified atom stereocenters. The normalized spacial score (nSPS) is 46.1. The van der Waals surface area contributed by atoms with Crippen LogP contribution in [-0.4, -0.2) is 21.8 Å². The highest BCUT2D eigenvalue weighted by Gasteiger charge is 2.54. The van der Waals surface area contributed by atoms with Crippen molar-refractivity contribution in [1.29, 1.82) is 0 Å². The van der Waals surface area contributed by atoms with Crippen LogP contribution in [0.4, 0.5) is 0 Å². The first-order valence-electron chi connectivity index (χ1n) is 4.60. The van der Waals surface area contributed by atoms with Crippen LogP contribution in [0.1, 0.15) is 32.1 Å². The molecule has 2 fully saturated rings. The number of carboxylic acids is 1. The summed E-state index contributed by atoms with van der Waals surface area (Å²) in [4.78, 5) is 10.8. The topological polar surface area (TPSA) is 57.5 Å². The maximum absolute atomic E-state index is 10.8. The molecule has 2 aliphatic rings. The molecule has 0 radical (unpaired) electrons. The van der Waals surface area contributed by atoms with Gasteiger partial charge in [-0.2, -0.15) is 0 Å². The molecule has 2 N–H and O–H groups in total. The lowest BCUT2D eigenvalue weighted by atomic mass is 9.87. The Hall–Kier alpha value is -0.570. The summed E-state index contributed by atoms with van der Waals surface area (Å²) in [7, 11) is 0. The predicted molar refractivity (Wildman–Crippen MR) is 42.7 cm³/mol. The second-order valence-corrected chi connectivity index (χ2v) is 4.05. The summed E-state index contributed by atoms with van der Waals surface area (Å²) in [5.74, 6) is -1.05. The third-order valence-electron chi connectivity index (χ3n) is 3.54. The first-order chi connectivity index (χ1) is 5.64. The van der Waals surface area contributed by atoms with Gasteiger partial charge in [0.15, 0.2) is 0 Å². The van der Waals surface area contributed by atoms with Crippen molar-refractivity contribution in [2.24, 2.45) is 11.8 Å². The summed E-state index contributed by atoms with van der Waals surface area (Å²) in [5.41, 5.74) is -0.855. The number of hydrogen-bond acceptors (Lipinski definition) is 2. The Kier molecular flexibility index (Phi) is 1.65. The second-order valence-electron chi connectivity index (χ2n) is 4.05. The van der Waals surface area contributed by atoms with E-state index in [0.717, 1.165) is 19.3 Å². The monoisotopic (exact) mass is 170 g/mol. The lowest BCUT2D eigenvalue weighted by Crippen LogP contribution is -2.39. The van der Waals surface area contributed by atoms with E-state index in [9.17, 15) is 9.90 Å². The number of rotatable bonds is 1. The molecule has 3 nitrogen and oxygen atoms in total. The molecular formula is C9H14O3. The van der Waals surface area contributed by atoms with Crippen LogP contribution < -0.4 is 0 Å². The van der Waals surface area contributed by atoms with E-state index in [4.69, 9.17) is 5.11 Å². The van der Waals surface area contributed by atoms with Gasteiger partial charge in [-0.3, -0.25) is 4.79 Å². The van der Waals surface area contributed by atoms with Crippen LogP contribution in [0, 0.1) is 11.8 Å². The molecule has 0 amide bonds. The van der Waals surface area contributed by atoms with Crippen molar-refractivity contribution in [2.75, 3.05) is 0 Å². The number of carbonyl (C=O) groups is 1. The second kappa shape index (κ2) is 2.46. The highest BCUT2D eigenvalue weighted by molar-refractivity contribution is 5.72. The largest absolute Gasteiger partial charge is 0.481 e. The van der Waals surface area contributed by atoms with Crippen molar-refractivity contribution in [3.63, 3.8) is 0 Å². The van der Waals surface area contributed by atoms with Gasteiger partial charge in [-0.25, -0.2) is 0 Å². The molecule has 12 heavy (non-hydrogen) atoms. The average molecular weight is 170 g/mol. The molecule has 3 heteroatoms.